The molecule has 9 heteroatoms. The number of piperazine rings is 1. The van der Waals surface area contributed by atoms with Gasteiger partial charge in [0, 0.05) is 49.9 Å². The number of anilines is 2. The summed E-state index contributed by atoms with van der Waals surface area (Å²) in [6.45, 7) is 3.00. The number of aromatic nitrogens is 2. The summed E-state index contributed by atoms with van der Waals surface area (Å²) in [5.74, 6) is -2.26. The third kappa shape index (κ3) is 4.06. The minimum Gasteiger partial charge on any atom is -0.395 e. The van der Waals surface area contributed by atoms with Gasteiger partial charge in [0.05, 0.1) is 29.6 Å². The molecule has 0 aliphatic carbocycles. The van der Waals surface area contributed by atoms with Gasteiger partial charge in [-0.15, -0.1) is 0 Å². The number of carbonyl (C=O) groups excluding carboxylic acids is 1. The Labute approximate surface area is 165 Å². The first kappa shape index (κ1) is 19.3. The average Bonchev–Trinajstić information content (AvgIpc) is 3.17. The van der Waals surface area contributed by atoms with Crippen molar-refractivity contribution < 1.29 is 18.7 Å². The lowest BCUT2D eigenvalue weighted by Crippen LogP contribution is -2.47. The first-order valence-electron chi connectivity index (χ1n) is 9.37. The summed E-state index contributed by atoms with van der Waals surface area (Å²) in [6.07, 6.45) is 1.62. The van der Waals surface area contributed by atoms with Gasteiger partial charge in [-0.1, -0.05) is 0 Å². The van der Waals surface area contributed by atoms with Gasteiger partial charge in [0.15, 0.2) is 0 Å². The predicted molar refractivity (Wildman–Crippen MR) is 106 cm³/mol. The molecule has 29 heavy (non-hydrogen) atoms. The van der Waals surface area contributed by atoms with Crippen LogP contribution in [0.4, 0.5) is 20.2 Å². The third-order valence-corrected chi connectivity index (χ3v) is 5.11. The zero-order valence-corrected chi connectivity index (χ0v) is 15.7. The van der Waals surface area contributed by atoms with Crippen molar-refractivity contribution in [3.05, 3.63) is 53.7 Å². The van der Waals surface area contributed by atoms with Gasteiger partial charge in [-0.2, -0.15) is 5.10 Å². The summed E-state index contributed by atoms with van der Waals surface area (Å²) in [4.78, 5) is 16.5. The quantitative estimate of drug-likeness (QED) is 0.611. The number of aliphatic hydroxyl groups excluding tert-OH is 1. The average molecular weight is 401 g/mol. The van der Waals surface area contributed by atoms with Crippen molar-refractivity contribution in [2.24, 2.45) is 0 Å². The highest BCUT2D eigenvalue weighted by Gasteiger charge is 2.23. The van der Waals surface area contributed by atoms with Crippen molar-refractivity contribution >= 4 is 28.2 Å². The fourth-order valence-electron chi connectivity index (χ4n) is 3.53. The summed E-state index contributed by atoms with van der Waals surface area (Å²) in [6, 6.07) is 7.18. The number of β-amino-alcohol motifs (C(OH)–C–C–N with tert-alkyl or cyclic N) is 1. The van der Waals surface area contributed by atoms with Crippen LogP contribution in [0.25, 0.3) is 10.9 Å². The molecule has 3 N–H and O–H groups in total. The highest BCUT2D eigenvalue weighted by Crippen LogP contribution is 2.26. The zero-order chi connectivity index (χ0) is 20.4. The maximum atomic E-state index is 14.4. The molecule has 2 heterocycles. The maximum Gasteiger partial charge on any atom is 0.258 e. The summed E-state index contributed by atoms with van der Waals surface area (Å²) in [5.41, 5.74) is 1.29. The van der Waals surface area contributed by atoms with Crippen LogP contribution in [0.5, 0.6) is 0 Å². The van der Waals surface area contributed by atoms with E-state index < -0.39 is 17.5 Å². The molecule has 1 aliphatic heterocycles. The Hall–Kier alpha value is -3.04. The Morgan fingerprint density at radius 1 is 1.14 bits per heavy atom. The lowest BCUT2D eigenvalue weighted by molar-refractivity contribution is 0.102. The number of aliphatic hydroxyl groups is 1. The van der Waals surface area contributed by atoms with E-state index in [0.717, 1.165) is 17.0 Å². The monoisotopic (exact) mass is 401 g/mol. The van der Waals surface area contributed by atoms with E-state index in [9.17, 15) is 13.6 Å². The molecule has 1 saturated heterocycles. The van der Waals surface area contributed by atoms with E-state index >= 15 is 0 Å². The molecule has 0 bridgehead atoms. The first-order valence-corrected chi connectivity index (χ1v) is 9.37. The van der Waals surface area contributed by atoms with Gasteiger partial charge in [0.25, 0.3) is 5.91 Å². The van der Waals surface area contributed by atoms with Gasteiger partial charge in [-0.3, -0.25) is 14.8 Å². The van der Waals surface area contributed by atoms with Crippen molar-refractivity contribution in [2.45, 2.75) is 0 Å². The zero-order valence-electron chi connectivity index (χ0n) is 15.7. The van der Waals surface area contributed by atoms with E-state index in [0.29, 0.717) is 38.4 Å². The van der Waals surface area contributed by atoms with Crippen LogP contribution < -0.4 is 10.2 Å². The Morgan fingerprint density at radius 3 is 2.69 bits per heavy atom. The number of amides is 1. The molecule has 0 saturated carbocycles. The van der Waals surface area contributed by atoms with E-state index in [1.807, 2.05) is 0 Å². The van der Waals surface area contributed by atoms with Gasteiger partial charge in [-0.05, 0) is 24.3 Å². The molecule has 7 nitrogen and oxygen atoms in total. The normalized spacial score (nSPS) is 15.1. The Bertz CT molecular complexity index is 1030. The maximum absolute atomic E-state index is 14.4. The molecule has 0 spiro atoms. The Kier molecular flexibility index (Phi) is 5.41. The topological polar surface area (TPSA) is 84.5 Å². The standard InChI is InChI=1S/C20H21F2N5O2/c21-16-11-17(22)19(27-5-3-26(4-6-27)7-8-28)10-15(16)20(29)24-14-1-2-18-13(9-14)12-23-25-18/h1-2,9-12,28H,3-8H2,(H,23,25)(H,24,29). The van der Waals surface area contributed by atoms with Crippen LogP contribution in [0.1, 0.15) is 10.4 Å². The number of hydrogen-bond acceptors (Lipinski definition) is 5. The van der Waals surface area contributed by atoms with Crippen LogP contribution in [-0.4, -0.2) is 65.4 Å². The van der Waals surface area contributed by atoms with Gasteiger partial charge >= 0.3 is 0 Å². The van der Waals surface area contributed by atoms with Crippen molar-refractivity contribution in [1.82, 2.24) is 15.1 Å². The van der Waals surface area contributed by atoms with Crippen molar-refractivity contribution in [3.8, 4) is 0 Å². The lowest BCUT2D eigenvalue weighted by Gasteiger charge is -2.36. The van der Waals surface area contributed by atoms with Gasteiger partial charge in [-0.25, -0.2) is 8.78 Å². The number of fused-ring (bicyclic) bond motifs is 1. The molecule has 0 radical (unpaired) electrons. The van der Waals surface area contributed by atoms with E-state index in [2.05, 4.69) is 20.4 Å². The molecule has 1 fully saturated rings. The first-order chi connectivity index (χ1) is 14.0. The van der Waals surface area contributed by atoms with Crippen LogP contribution in [0, 0.1) is 11.6 Å². The highest BCUT2D eigenvalue weighted by atomic mass is 19.1. The van der Waals surface area contributed by atoms with Gasteiger partial charge in [0.1, 0.15) is 11.6 Å². The Balaban J connectivity index is 1.54. The molecule has 0 unspecified atom stereocenters. The molecule has 1 aliphatic rings. The number of rotatable bonds is 5. The highest BCUT2D eigenvalue weighted by molar-refractivity contribution is 6.05. The van der Waals surface area contributed by atoms with Crippen LogP contribution in [0.2, 0.25) is 0 Å². The largest absolute Gasteiger partial charge is 0.395 e. The molecule has 152 valence electrons. The van der Waals surface area contributed by atoms with Crippen molar-refractivity contribution in [1.29, 1.82) is 0 Å². The third-order valence-electron chi connectivity index (χ3n) is 5.11. The number of carbonyl (C=O) groups is 1. The number of halogens is 2. The number of nitrogens with one attached hydrogen (secondary N) is 2. The number of hydrogen-bond donors (Lipinski definition) is 3. The van der Waals surface area contributed by atoms with Gasteiger partial charge in [0.2, 0.25) is 0 Å². The second-order valence-electron chi connectivity index (χ2n) is 6.96. The Morgan fingerprint density at radius 2 is 1.93 bits per heavy atom. The van der Waals surface area contributed by atoms with Crippen LogP contribution in [0.3, 0.4) is 0 Å². The van der Waals surface area contributed by atoms with Gasteiger partial charge < -0.3 is 15.3 Å². The lowest BCUT2D eigenvalue weighted by atomic mass is 10.1. The van der Waals surface area contributed by atoms with Crippen molar-refractivity contribution in [3.63, 3.8) is 0 Å². The smallest absolute Gasteiger partial charge is 0.258 e. The number of nitrogens with zero attached hydrogens (tertiary/aromatic N) is 3. The van der Waals surface area contributed by atoms with E-state index in [1.165, 1.54) is 6.07 Å². The summed E-state index contributed by atoms with van der Waals surface area (Å²) in [5, 5.41) is 19.2. The summed E-state index contributed by atoms with van der Waals surface area (Å²) in [7, 11) is 0. The molecular formula is C20H21F2N5O2. The molecular weight excluding hydrogens is 380 g/mol. The molecule has 1 aromatic heterocycles. The fraction of sp³-hybridized carbons (Fsp3) is 0.300. The number of benzene rings is 2. The van der Waals surface area contributed by atoms with Crippen LogP contribution >= 0.6 is 0 Å². The second kappa shape index (κ2) is 8.14. The summed E-state index contributed by atoms with van der Waals surface area (Å²) >= 11 is 0. The van der Waals surface area contributed by atoms with E-state index in [4.69, 9.17) is 5.11 Å². The van der Waals surface area contributed by atoms with E-state index in [1.54, 1.807) is 29.3 Å². The molecule has 1 amide bonds. The second-order valence-corrected chi connectivity index (χ2v) is 6.96. The SMILES string of the molecule is O=C(Nc1ccc2[nH]ncc2c1)c1cc(N2CCN(CCO)CC2)c(F)cc1F. The van der Waals surface area contributed by atoms with E-state index in [-0.39, 0.29) is 17.9 Å². The fourth-order valence-corrected chi connectivity index (χ4v) is 3.53. The molecule has 2 aromatic carbocycles. The minimum atomic E-state index is -0.910. The predicted octanol–water partition coefficient (Wildman–Crippen LogP) is 2.21. The minimum absolute atomic E-state index is 0.0693. The number of H-pyrrole nitrogens is 1. The molecule has 0 atom stereocenters. The summed E-state index contributed by atoms with van der Waals surface area (Å²) < 4.78 is 28.8. The number of aromatic amines is 1. The molecule has 4 rings (SSSR count). The van der Waals surface area contributed by atoms with Crippen LogP contribution in [0.15, 0.2) is 36.5 Å². The van der Waals surface area contributed by atoms with Crippen LogP contribution in [-0.2, 0) is 0 Å². The molecule has 3 aromatic rings. The van der Waals surface area contributed by atoms with Crippen molar-refractivity contribution in [2.75, 3.05) is 49.5 Å².